The zero-order chi connectivity index (χ0) is 32.9. The van der Waals surface area contributed by atoms with E-state index >= 15 is 0 Å². The van der Waals surface area contributed by atoms with E-state index in [2.05, 4.69) is 14.9 Å². The van der Waals surface area contributed by atoms with Crippen LogP contribution in [0.5, 0.6) is 11.6 Å². The van der Waals surface area contributed by atoms with E-state index in [9.17, 15) is 8.42 Å². The molecule has 4 aromatic heterocycles. The molecule has 1 unspecified atom stereocenters. The lowest BCUT2D eigenvalue weighted by Crippen LogP contribution is -2.36. The van der Waals surface area contributed by atoms with E-state index in [4.69, 9.17) is 24.6 Å². The first-order valence-corrected chi connectivity index (χ1v) is 16.9. The Kier molecular flexibility index (Phi) is 7.85. The number of morpholine rings is 1. The quantitative estimate of drug-likeness (QED) is 0.224. The summed E-state index contributed by atoms with van der Waals surface area (Å²) in [6.45, 7) is 4.53. The summed E-state index contributed by atoms with van der Waals surface area (Å²) in [5, 5.41) is 8.54. The van der Waals surface area contributed by atoms with E-state index in [0.717, 1.165) is 28.0 Å². The maximum atomic E-state index is 14.7. The van der Waals surface area contributed by atoms with Crippen molar-refractivity contribution in [2.24, 2.45) is 7.05 Å². The summed E-state index contributed by atoms with van der Waals surface area (Å²) in [4.78, 5) is 15.2. The number of H-pyrrole nitrogens is 1. The molecule has 1 aliphatic carbocycles. The Morgan fingerprint density at radius 2 is 1.83 bits per heavy atom. The third-order valence-corrected chi connectivity index (χ3v) is 11.0. The fourth-order valence-corrected chi connectivity index (χ4v) is 8.31. The number of hydrogen-bond donors (Lipinski definition) is 2. The van der Waals surface area contributed by atoms with Gasteiger partial charge in [0, 0.05) is 67.4 Å². The van der Waals surface area contributed by atoms with Crippen LogP contribution in [0.3, 0.4) is 0 Å². The Morgan fingerprint density at radius 3 is 2.55 bits per heavy atom. The van der Waals surface area contributed by atoms with Gasteiger partial charge in [-0.2, -0.15) is 0 Å². The van der Waals surface area contributed by atoms with Crippen molar-refractivity contribution in [3.63, 3.8) is 0 Å². The van der Waals surface area contributed by atoms with Gasteiger partial charge in [0.2, 0.25) is 0 Å². The van der Waals surface area contributed by atoms with Crippen molar-refractivity contribution in [3.8, 4) is 22.9 Å². The van der Waals surface area contributed by atoms with Crippen LogP contribution in [0.4, 0.5) is 0 Å². The molecular weight excluding hydrogens is 616 g/mol. The summed E-state index contributed by atoms with van der Waals surface area (Å²) < 4.78 is 48.0. The number of nitrogens with one attached hydrogen (secondary N) is 2. The van der Waals surface area contributed by atoms with Gasteiger partial charge in [0.15, 0.2) is 15.6 Å². The number of nitrogens with zero attached hydrogens (tertiary/aromatic N) is 4. The Hall–Kier alpha value is -4.94. The van der Waals surface area contributed by atoms with Crippen molar-refractivity contribution in [3.05, 3.63) is 89.4 Å². The Morgan fingerprint density at radius 1 is 1.06 bits per heavy atom. The highest BCUT2D eigenvalue weighted by Crippen LogP contribution is 2.43. The summed E-state index contributed by atoms with van der Waals surface area (Å²) >= 11 is 0. The van der Waals surface area contributed by atoms with E-state index in [-0.39, 0.29) is 10.6 Å². The van der Waals surface area contributed by atoms with Crippen molar-refractivity contribution >= 4 is 37.6 Å². The van der Waals surface area contributed by atoms with Gasteiger partial charge in [-0.1, -0.05) is 23.8 Å². The fourth-order valence-electron chi connectivity index (χ4n) is 6.44. The number of hydrogen-bond acceptors (Lipinski definition) is 9. The number of sulfone groups is 1. The molecule has 2 N–H and O–H groups in total. The molecule has 0 saturated carbocycles. The van der Waals surface area contributed by atoms with Crippen molar-refractivity contribution < 1.29 is 22.6 Å². The van der Waals surface area contributed by atoms with Gasteiger partial charge in [-0.25, -0.2) is 18.4 Å². The third kappa shape index (κ3) is 5.36. The van der Waals surface area contributed by atoms with E-state index in [0.29, 0.717) is 72.0 Å². The minimum Gasteiger partial charge on any atom is -0.491 e. The Balaban J connectivity index is 1.42. The molecule has 0 amide bonds. The monoisotopic (exact) mass is 652 g/mol. The molecule has 1 atom stereocenters. The molecule has 7 rings (SSSR count). The number of methoxy groups -OCH3 is 2. The topological polar surface area (TPSA) is 135 Å². The van der Waals surface area contributed by atoms with Crippen LogP contribution in [0.25, 0.3) is 33.3 Å². The normalized spacial score (nSPS) is 16.3. The molecule has 1 saturated heterocycles. The first kappa shape index (κ1) is 30.7. The number of allylic oxidation sites excluding steroid dienone is 2. The second kappa shape index (κ2) is 12.0. The van der Waals surface area contributed by atoms with Gasteiger partial charge < -0.3 is 34.1 Å². The maximum absolute atomic E-state index is 14.7. The van der Waals surface area contributed by atoms with Crippen LogP contribution in [0.15, 0.2) is 83.2 Å². The summed E-state index contributed by atoms with van der Waals surface area (Å²) in [7, 11) is 1.03. The van der Waals surface area contributed by atoms with E-state index in [1.54, 1.807) is 50.7 Å². The molecule has 12 heteroatoms. The van der Waals surface area contributed by atoms with E-state index < -0.39 is 15.1 Å². The fraction of sp³-hybridized carbons (Fsp3) is 0.286. The third-order valence-electron chi connectivity index (χ3n) is 8.93. The minimum atomic E-state index is -4.02. The number of aromatic amines is 1. The summed E-state index contributed by atoms with van der Waals surface area (Å²) in [5.41, 5.74) is 6.72. The van der Waals surface area contributed by atoms with Gasteiger partial charge in [-0.3, -0.25) is 0 Å². The first-order valence-electron chi connectivity index (χ1n) is 15.4. The average molecular weight is 653 g/mol. The second-order valence-electron chi connectivity index (χ2n) is 11.8. The molecule has 5 heterocycles. The van der Waals surface area contributed by atoms with Crippen LogP contribution in [0, 0.1) is 12.3 Å². The molecule has 1 fully saturated rings. The van der Waals surface area contributed by atoms with Crippen LogP contribution in [0.2, 0.25) is 0 Å². The highest BCUT2D eigenvalue weighted by Gasteiger charge is 2.37. The summed E-state index contributed by atoms with van der Waals surface area (Å²) in [5.74, 6) is 0.879. The van der Waals surface area contributed by atoms with Crippen LogP contribution >= 0.6 is 0 Å². The van der Waals surface area contributed by atoms with Crippen molar-refractivity contribution in [2.75, 3.05) is 40.5 Å². The Bertz CT molecular complexity index is 2190. The zero-order valence-corrected chi connectivity index (χ0v) is 27.5. The van der Waals surface area contributed by atoms with Crippen molar-refractivity contribution in [2.45, 2.75) is 23.5 Å². The average Bonchev–Trinajstić information content (AvgIpc) is 3.66. The molecule has 47 heavy (non-hydrogen) atoms. The van der Waals surface area contributed by atoms with Gasteiger partial charge in [-0.15, -0.1) is 0 Å². The van der Waals surface area contributed by atoms with Crippen LogP contribution in [0.1, 0.15) is 22.8 Å². The summed E-state index contributed by atoms with van der Waals surface area (Å²) in [6, 6.07) is 12.5. The van der Waals surface area contributed by atoms with E-state index in [1.807, 2.05) is 49.0 Å². The minimum absolute atomic E-state index is 0.198. The summed E-state index contributed by atoms with van der Waals surface area (Å²) in [6.07, 6.45) is 7.79. The number of fused-ring (bicyclic) bond motifs is 2. The van der Waals surface area contributed by atoms with E-state index in [1.165, 1.54) is 0 Å². The highest BCUT2D eigenvalue weighted by molar-refractivity contribution is 7.92. The number of benzene rings is 1. The molecule has 242 valence electrons. The smallest absolute Gasteiger partial charge is 0.257 e. The predicted molar refractivity (Wildman–Crippen MR) is 181 cm³/mol. The second-order valence-corrected chi connectivity index (χ2v) is 13.8. The Labute approximate surface area is 272 Å². The lowest BCUT2D eigenvalue weighted by Gasteiger charge is -2.33. The molecule has 0 bridgehead atoms. The SMILES string of the molecule is COc1cc2c(nc1OC)c(-c1cc3c(C(C4=CC(N5CCOCC5)=CCC4=N)S(=O)(=O)c4ccc(C)cc4)ccnc3[nH]1)cn2C. The van der Waals surface area contributed by atoms with Gasteiger partial charge in [0.05, 0.1) is 43.5 Å². The van der Waals surface area contributed by atoms with Gasteiger partial charge in [-0.05, 0) is 48.4 Å². The van der Waals surface area contributed by atoms with Gasteiger partial charge >= 0.3 is 0 Å². The largest absolute Gasteiger partial charge is 0.491 e. The molecule has 2 aliphatic rings. The number of ether oxygens (including phenoxy) is 3. The van der Waals surface area contributed by atoms with Gasteiger partial charge in [0.1, 0.15) is 16.4 Å². The molecule has 0 radical (unpaired) electrons. The molecular formula is C35H36N6O5S. The molecule has 1 aromatic carbocycles. The number of aromatic nitrogens is 4. The molecule has 0 spiro atoms. The standard InChI is InChI=1S/C35H36N6O5S/c1-21-5-8-23(9-6-21)47(42,43)33(26-17-22(7-10-28(26)36)41-13-15-46-16-14-41)24-11-12-37-34-25(24)18-29(38-34)27-20-40(2)30-19-31(44-3)35(45-4)39-32(27)30/h5-9,11-12,17-20,33,36H,10,13-16H2,1-4H3,(H,37,38). The van der Waals surface area contributed by atoms with Crippen LogP contribution in [-0.2, 0) is 21.6 Å². The van der Waals surface area contributed by atoms with Gasteiger partial charge in [0.25, 0.3) is 5.88 Å². The zero-order valence-electron chi connectivity index (χ0n) is 26.7. The van der Waals surface area contributed by atoms with Crippen LogP contribution < -0.4 is 9.47 Å². The lowest BCUT2D eigenvalue weighted by atomic mass is 9.92. The molecule has 1 aliphatic heterocycles. The molecule has 5 aromatic rings. The predicted octanol–water partition coefficient (Wildman–Crippen LogP) is 5.52. The van der Waals surface area contributed by atoms with Crippen molar-refractivity contribution in [1.29, 1.82) is 5.41 Å². The maximum Gasteiger partial charge on any atom is 0.257 e. The first-order chi connectivity index (χ1) is 22.7. The number of rotatable bonds is 8. The number of pyridine rings is 2. The molecule has 11 nitrogen and oxygen atoms in total. The number of aryl methyl sites for hydroxylation is 2. The highest BCUT2D eigenvalue weighted by atomic mass is 32.2. The lowest BCUT2D eigenvalue weighted by molar-refractivity contribution is 0.0552. The van der Waals surface area contributed by atoms with Crippen LogP contribution in [-0.4, -0.2) is 79.1 Å². The van der Waals surface area contributed by atoms with Crippen molar-refractivity contribution in [1.82, 2.24) is 24.4 Å².